The average Bonchev–Trinajstić information content (AvgIpc) is 2.67. The number of unbranched alkanes of at least 4 members (excludes halogenated alkanes) is 3. The van der Waals surface area contributed by atoms with Crippen LogP contribution in [0.4, 0.5) is 13.2 Å². The molecular weight excluding hydrogens is 349 g/mol. The number of hydrogen-bond acceptors (Lipinski definition) is 1. The molecule has 0 saturated heterocycles. The predicted molar refractivity (Wildman–Crippen MR) is 103 cm³/mol. The first-order chi connectivity index (χ1) is 13.0. The van der Waals surface area contributed by atoms with Crippen molar-refractivity contribution < 1.29 is 17.9 Å². The van der Waals surface area contributed by atoms with Crippen molar-refractivity contribution in [1.82, 2.24) is 0 Å². The Labute approximate surface area is 158 Å². The van der Waals surface area contributed by atoms with Gasteiger partial charge < -0.3 is 4.74 Å². The van der Waals surface area contributed by atoms with Gasteiger partial charge in [-0.15, -0.1) is 0 Å². The molecule has 27 heavy (non-hydrogen) atoms. The Morgan fingerprint density at radius 3 is 2.48 bits per heavy atom. The van der Waals surface area contributed by atoms with Gasteiger partial charge in [-0.2, -0.15) is 4.39 Å². The van der Waals surface area contributed by atoms with Gasteiger partial charge in [-0.3, -0.25) is 0 Å². The van der Waals surface area contributed by atoms with Gasteiger partial charge in [0.1, 0.15) is 5.82 Å². The van der Waals surface area contributed by atoms with Crippen LogP contribution in [0.3, 0.4) is 0 Å². The molecule has 2 aromatic carbocycles. The summed E-state index contributed by atoms with van der Waals surface area (Å²) in [5.41, 5.74) is 3.17. The molecule has 0 fully saturated rings. The summed E-state index contributed by atoms with van der Waals surface area (Å²) in [6.45, 7) is 2.19. The number of aryl methyl sites for hydroxylation is 1. The van der Waals surface area contributed by atoms with Crippen LogP contribution in [0.15, 0.2) is 29.8 Å². The molecule has 144 valence electrons. The van der Waals surface area contributed by atoms with Crippen molar-refractivity contribution in [2.75, 3.05) is 7.11 Å². The van der Waals surface area contributed by atoms with Crippen LogP contribution in [0.25, 0.3) is 17.2 Å². The zero-order valence-corrected chi connectivity index (χ0v) is 15.9. The van der Waals surface area contributed by atoms with Gasteiger partial charge in [-0.25, -0.2) is 8.78 Å². The van der Waals surface area contributed by atoms with Crippen LogP contribution in [-0.2, 0) is 6.42 Å². The second kappa shape index (κ2) is 8.64. The first-order valence-corrected chi connectivity index (χ1v) is 9.59. The Morgan fingerprint density at radius 2 is 1.74 bits per heavy atom. The third kappa shape index (κ3) is 4.20. The number of rotatable bonds is 7. The predicted octanol–water partition coefficient (Wildman–Crippen LogP) is 7.08. The number of halogens is 3. The monoisotopic (exact) mass is 374 g/mol. The topological polar surface area (TPSA) is 9.23 Å². The Hall–Kier alpha value is -2.23. The van der Waals surface area contributed by atoms with Gasteiger partial charge in [0, 0.05) is 11.1 Å². The average molecular weight is 374 g/mol. The lowest BCUT2D eigenvalue weighted by Crippen LogP contribution is -2.03. The second-order valence-electron chi connectivity index (χ2n) is 7.09. The largest absolute Gasteiger partial charge is 0.494 e. The van der Waals surface area contributed by atoms with Crippen molar-refractivity contribution in [3.63, 3.8) is 0 Å². The molecule has 3 rings (SSSR count). The van der Waals surface area contributed by atoms with E-state index in [1.807, 2.05) is 0 Å². The Morgan fingerprint density at radius 1 is 0.926 bits per heavy atom. The van der Waals surface area contributed by atoms with E-state index in [0.29, 0.717) is 0 Å². The highest BCUT2D eigenvalue weighted by molar-refractivity contribution is 5.71. The fourth-order valence-corrected chi connectivity index (χ4v) is 3.65. The number of benzene rings is 2. The fraction of sp³-hybridized carbons (Fsp3) is 0.391. The van der Waals surface area contributed by atoms with Gasteiger partial charge in [0.15, 0.2) is 11.6 Å². The van der Waals surface area contributed by atoms with Crippen LogP contribution in [0.1, 0.15) is 56.6 Å². The molecule has 0 spiro atoms. The molecule has 4 heteroatoms. The van der Waals surface area contributed by atoms with Gasteiger partial charge in [0.05, 0.1) is 7.11 Å². The summed E-state index contributed by atoms with van der Waals surface area (Å²) >= 11 is 0. The summed E-state index contributed by atoms with van der Waals surface area (Å²) in [5.74, 6) is -2.91. The standard InChI is InChI=1S/C23H25F3O/c1-3-4-5-6-7-15-8-9-16-13-19(20(24)14-17(16)12-15)18-10-11-21(27-2)23(26)22(18)25/h10-14H,3-9H2,1-2H3. The SMILES string of the molecule is CCCCCCC1=Cc2cc(F)c(-c3ccc(OC)c(F)c3F)cc2CC1. The normalized spacial score (nSPS) is 13.3. The van der Waals surface area contributed by atoms with Crippen LogP contribution in [0.5, 0.6) is 5.75 Å². The van der Waals surface area contributed by atoms with E-state index < -0.39 is 17.5 Å². The third-order valence-electron chi connectivity index (χ3n) is 5.21. The van der Waals surface area contributed by atoms with E-state index in [0.717, 1.165) is 36.8 Å². The molecule has 0 unspecified atom stereocenters. The summed E-state index contributed by atoms with van der Waals surface area (Å²) < 4.78 is 47.9. The molecule has 0 atom stereocenters. The number of fused-ring (bicyclic) bond motifs is 1. The van der Waals surface area contributed by atoms with Crippen LogP contribution in [0.2, 0.25) is 0 Å². The van der Waals surface area contributed by atoms with Gasteiger partial charge in [-0.1, -0.05) is 37.8 Å². The highest BCUT2D eigenvalue weighted by atomic mass is 19.2. The number of methoxy groups -OCH3 is 1. The van der Waals surface area contributed by atoms with Crippen LogP contribution >= 0.6 is 0 Å². The zero-order valence-electron chi connectivity index (χ0n) is 15.9. The molecule has 1 aliphatic carbocycles. The molecule has 0 radical (unpaired) electrons. The van der Waals surface area contributed by atoms with Crippen molar-refractivity contribution >= 4 is 6.08 Å². The summed E-state index contributed by atoms with van der Waals surface area (Å²) in [6, 6.07) is 5.78. The van der Waals surface area contributed by atoms with E-state index in [1.165, 1.54) is 50.1 Å². The van der Waals surface area contributed by atoms with E-state index in [9.17, 15) is 13.2 Å². The lowest BCUT2D eigenvalue weighted by Gasteiger charge is -2.19. The smallest absolute Gasteiger partial charge is 0.201 e. The minimum absolute atomic E-state index is 0.0806. The molecule has 2 aromatic rings. The number of allylic oxidation sites excluding steroid dienone is 1. The van der Waals surface area contributed by atoms with Crippen molar-refractivity contribution in [2.24, 2.45) is 0 Å². The maximum atomic E-state index is 14.7. The van der Waals surface area contributed by atoms with Crippen LogP contribution < -0.4 is 4.74 Å². The van der Waals surface area contributed by atoms with Gasteiger partial charge >= 0.3 is 0 Å². The van der Waals surface area contributed by atoms with Crippen molar-refractivity contribution in [2.45, 2.75) is 51.9 Å². The first kappa shape index (κ1) is 19.5. The molecular formula is C23H25F3O. The van der Waals surface area contributed by atoms with E-state index in [4.69, 9.17) is 4.74 Å². The van der Waals surface area contributed by atoms with E-state index in [2.05, 4.69) is 13.0 Å². The number of hydrogen-bond donors (Lipinski definition) is 0. The van der Waals surface area contributed by atoms with Crippen molar-refractivity contribution in [3.8, 4) is 16.9 Å². The van der Waals surface area contributed by atoms with Gasteiger partial charge in [-0.05, 0) is 61.1 Å². The molecule has 1 aliphatic rings. The molecule has 0 saturated carbocycles. The van der Waals surface area contributed by atoms with Crippen molar-refractivity contribution in [3.05, 3.63) is 58.4 Å². The summed E-state index contributed by atoms with van der Waals surface area (Å²) in [5, 5.41) is 0. The maximum Gasteiger partial charge on any atom is 0.201 e. The molecule has 0 aromatic heterocycles. The third-order valence-corrected chi connectivity index (χ3v) is 5.21. The van der Waals surface area contributed by atoms with Crippen LogP contribution in [-0.4, -0.2) is 7.11 Å². The Kier molecular flexibility index (Phi) is 6.25. The minimum Gasteiger partial charge on any atom is -0.494 e. The summed E-state index contributed by atoms with van der Waals surface area (Å²) in [6.07, 6.45) is 9.66. The van der Waals surface area contributed by atoms with Crippen molar-refractivity contribution in [1.29, 1.82) is 0 Å². The lowest BCUT2D eigenvalue weighted by molar-refractivity contribution is 0.372. The molecule has 0 amide bonds. The van der Waals surface area contributed by atoms with Gasteiger partial charge in [0.25, 0.3) is 0 Å². The van der Waals surface area contributed by atoms with E-state index in [1.54, 1.807) is 6.07 Å². The first-order valence-electron chi connectivity index (χ1n) is 9.59. The summed E-state index contributed by atoms with van der Waals surface area (Å²) in [7, 11) is 1.27. The lowest BCUT2D eigenvalue weighted by atomic mass is 9.87. The number of ether oxygens (including phenoxy) is 1. The van der Waals surface area contributed by atoms with Crippen LogP contribution in [0, 0.1) is 17.5 Å². The molecule has 0 heterocycles. The molecule has 0 bridgehead atoms. The minimum atomic E-state index is -1.10. The van der Waals surface area contributed by atoms with E-state index >= 15 is 0 Å². The second-order valence-corrected chi connectivity index (χ2v) is 7.09. The highest BCUT2D eigenvalue weighted by Gasteiger charge is 2.20. The van der Waals surface area contributed by atoms with Gasteiger partial charge in [0.2, 0.25) is 5.82 Å². The molecule has 1 nitrogen and oxygen atoms in total. The highest BCUT2D eigenvalue weighted by Crippen LogP contribution is 2.35. The Balaban J connectivity index is 1.88. The maximum absolute atomic E-state index is 14.7. The Bertz CT molecular complexity index is 855. The van der Waals surface area contributed by atoms with E-state index in [-0.39, 0.29) is 16.9 Å². The zero-order chi connectivity index (χ0) is 19.4. The molecule has 0 N–H and O–H groups in total. The fourth-order valence-electron chi connectivity index (χ4n) is 3.65. The molecule has 0 aliphatic heterocycles. The summed E-state index contributed by atoms with van der Waals surface area (Å²) in [4.78, 5) is 0. The quantitative estimate of drug-likeness (QED) is 0.471.